The fourth-order valence-electron chi connectivity index (χ4n) is 5.92. The number of benzene rings is 2. The lowest BCUT2D eigenvalue weighted by Gasteiger charge is -2.27. The molecule has 0 spiro atoms. The van der Waals surface area contributed by atoms with Gasteiger partial charge in [-0.25, -0.2) is 9.78 Å². The van der Waals surface area contributed by atoms with Gasteiger partial charge in [0.05, 0.1) is 6.61 Å². The summed E-state index contributed by atoms with van der Waals surface area (Å²) in [5, 5.41) is 6.69. The Balaban J connectivity index is 1.43. The number of nitrogens with zero attached hydrogens (tertiary/aromatic N) is 3. The SMILES string of the molecule is CC(=O)NCCCN(C(=O)Nc1c(C(C)C)cc(-c2cccc(OCCCc3ccncc3)c2)cc1C(C)C)c1cc2cccnc2[nH]c1=O. The van der Waals surface area contributed by atoms with Gasteiger partial charge >= 0.3 is 6.03 Å². The molecule has 0 bridgehead atoms. The number of urea groups is 1. The summed E-state index contributed by atoms with van der Waals surface area (Å²) in [7, 11) is 0. The van der Waals surface area contributed by atoms with Crippen molar-refractivity contribution in [3.63, 3.8) is 0 Å². The molecule has 0 atom stereocenters. The van der Waals surface area contributed by atoms with Crippen molar-refractivity contribution in [1.82, 2.24) is 20.3 Å². The average molecular weight is 675 g/mol. The van der Waals surface area contributed by atoms with Gasteiger partial charge in [-0.3, -0.25) is 19.5 Å². The van der Waals surface area contributed by atoms with Gasteiger partial charge < -0.3 is 20.4 Å². The first-order valence-electron chi connectivity index (χ1n) is 17.2. The Kier molecular flexibility index (Phi) is 12.0. The van der Waals surface area contributed by atoms with Gasteiger partial charge in [0.15, 0.2) is 0 Å². The van der Waals surface area contributed by atoms with Gasteiger partial charge in [0, 0.05) is 49.7 Å². The molecule has 50 heavy (non-hydrogen) atoms. The quantitative estimate of drug-likeness (QED) is 0.103. The van der Waals surface area contributed by atoms with Crippen molar-refractivity contribution < 1.29 is 14.3 Å². The fraction of sp³-hybridized carbons (Fsp3) is 0.325. The number of aryl methyl sites for hydroxylation is 1. The molecule has 5 aromatic rings. The molecular weight excluding hydrogens is 628 g/mol. The lowest BCUT2D eigenvalue weighted by atomic mass is 9.88. The Morgan fingerprint density at radius 3 is 2.32 bits per heavy atom. The van der Waals surface area contributed by atoms with Crippen LogP contribution in [0.1, 0.15) is 76.0 Å². The number of amides is 3. The van der Waals surface area contributed by atoms with Gasteiger partial charge in [0.2, 0.25) is 5.91 Å². The third-order valence-electron chi connectivity index (χ3n) is 8.53. The van der Waals surface area contributed by atoms with E-state index in [0.717, 1.165) is 46.5 Å². The summed E-state index contributed by atoms with van der Waals surface area (Å²) in [6.45, 7) is 11.0. The van der Waals surface area contributed by atoms with Crippen LogP contribution in [0, 0.1) is 0 Å². The highest BCUT2D eigenvalue weighted by Crippen LogP contribution is 2.38. The standard InChI is InChI=1S/C40H46N6O4/c1-26(2)34-23-32(30-11-6-13-33(22-30)50-21-8-10-29-14-18-41-19-15-29)24-35(27(3)4)37(34)44-40(49)46(20-9-17-42-28(5)47)36-25-31-12-7-16-43-38(31)45-39(36)48/h6-7,11-16,18-19,22-27H,8-10,17,20-21H2,1-5H3,(H,42,47)(H,44,49)(H,43,45,48). The Morgan fingerprint density at radius 1 is 0.880 bits per heavy atom. The van der Waals surface area contributed by atoms with Gasteiger partial charge in [-0.1, -0.05) is 39.8 Å². The molecule has 0 aliphatic carbocycles. The van der Waals surface area contributed by atoms with Crippen molar-refractivity contribution in [3.05, 3.63) is 112 Å². The number of ether oxygens (including phenoxy) is 1. The maximum atomic E-state index is 14.2. The molecule has 0 aliphatic rings. The largest absolute Gasteiger partial charge is 0.494 e. The van der Waals surface area contributed by atoms with Crippen molar-refractivity contribution >= 4 is 34.3 Å². The predicted octanol–water partition coefficient (Wildman–Crippen LogP) is 7.81. The zero-order valence-electron chi connectivity index (χ0n) is 29.5. The van der Waals surface area contributed by atoms with Crippen molar-refractivity contribution in [2.45, 2.75) is 65.7 Å². The molecule has 10 nitrogen and oxygen atoms in total. The zero-order chi connectivity index (χ0) is 35.6. The second-order valence-corrected chi connectivity index (χ2v) is 13.0. The lowest BCUT2D eigenvalue weighted by Crippen LogP contribution is -2.40. The monoisotopic (exact) mass is 674 g/mol. The Morgan fingerprint density at radius 2 is 1.62 bits per heavy atom. The molecule has 3 aromatic heterocycles. The molecule has 0 saturated heterocycles. The number of fused-ring (bicyclic) bond motifs is 1. The molecule has 3 N–H and O–H groups in total. The van der Waals surface area contributed by atoms with Gasteiger partial charge in [-0.15, -0.1) is 0 Å². The number of carbonyl (C=O) groups excluding carboxylic acids is 2. The number of carbonyl (C=O) groups is 2. The molecule has 5 rings (SSSR count). The average Bonchev–Trinajstić information content (AvgIpc) is 3.10. The van der Waals surface area contributed by atoms with E-state index in [1.165, 1.54) is 17.4 Å². The molecule has 260 valence electrons. The Bertz CT molecular complexity index is 1960. The van der Waals surface area contributed by atoms with Crippen LogP contribution in [0.15, 0.2) is 90.1 Å². The number of H-pyrrole nitrogens is 1. The predicted molar refractivity (Wildman–Crippen MR) is 200 cm³/mol. The van der Waals surface area contributed by atoms with E-state index in [2.05, 4.69) is 77.5 Å². The minimum atomic E-state index is -0.430. The maximum absolute atomic E-state index is 14.2. The van der Waals surface area contributed by atoms with E-state index in [0.29, 0.717) is 30.6 Å². The van der Waals surface area contributed by atoms with E-state index in [1.54, 1.807) is 18.3 Å². The smallest absolute Gasteiger partial charge is 0.326 e. The highest BCUT2D eigenvalue weighted by Gasteiger charge is 2.24. The highest BCUT2D eigenvalue weighted by molar-refractivity contribution is 6.03. The van der Waals surface area contributed by atoms with E-state index in [-0.39, 0.29) is 30.0 Å². The Hall–Kier alpha value is -5.51. The summed E-state index contributed by atoms with van der Waals surface area (Å²) in [5.74, 6) is 0.812. The van der Waals surface area contributed by atoms with Gasteiger partial charge in [-0.05, 0) is 114 Å². The van der Waals surface area contributed by atoms with Gasteiger partial charge in [0.25, 0.3) is 5.56 Å². The number of pyridine rings is 3. The fourth-order valence-corrected chi connectivity index (χ4v) is 5.92. The normalized spacial score (nSPS) is 11.2. The van der Waals surface area contributed by atoms with Crippen LogP contribution in [0.4, 0.5) is 16.2 Å². The molecule has 3 amide bonds. The van der Waals surface area contributed by atoms with Crippen molar-refractivity contribution in [2.24, 2.45) is 0 Å². The maximum Gasteiger partial charge on any atom is 0.326 e. The third kappa shape index (κ3) is 9.13. The van der Waals surface area contributed by atoms with Crippen LogP contribution in [0.3, 0.4) is 0 Å². The summed E-state index contributed by atoms with van der Waals surface area (Å²) in [6, 6.07) is 21.3. The second kappa shape index (κ2) is 16.7. The first kappa shape index (κ1) is 35.8. The topological polar surface area (TPSA) is 129 Å². The highest BCUT2D eigenvalue weighted by atomic mass is 16.5. The van der Waals surface area contributed by atoms with Gasteiger partial charge in [0.1, 0.15) is 17.1 Å². The Labute approximate surface area is 293 Å². The summed E-state index contributed by atoms with van der Waals surface area (Å²) in [4.78, 5) is 51.6. The number of aromatic amines is 1. The van der Waals surface area contributed by atoms with E-state index in [9.17, 15) is 14.4 Å². The van der Waals surface area contributed by atoms with E-state index in [4.69, 9.17) is 4.74 Å². The van der Waals surface area contributed by atoms with E-state index < -0.39 is 11.6 Å². The number of anilines is 2. The van der Waals surface area contributed by atoms with Crippen LogP contribution >= 0.6 is 0 Å². The molecule has 10 heteroatoms. The molecule has 3 heterocycles. The first-order valence-corrected chi connectivity index (χ1v) is 17.2. The van der Waals surface area contributed by atoms with Crippen LogP contribution in [0.25, 0.3) is 22.2 Å². The summed E-state index contributed by atoms with van der Waals surface area (Å²) < 4.78 is 6.15. The number of nitrogens with one attached hydrogen (secondary N) is 3. The van der Waals surface area contributed by atoms with Crippen LogP contribution in [-0.4, -0.2) is 46.6 Å². The molecule has 0 aliphatic heterocycles. The molecule has 2 aromatic carbocycles. The van der Waals surface area contributed by atoms with Crippen molar-refractivity contribution in [3.8, 4) is 16.9 Å². The van der Waals surface area contributed by atoms with Crippen LogP contribution < -0.4 is 25.8 Å². The minimum Gasteiger partial charge on any atom is -0.494 e. The number of aromatic nitrogens is 3. The van der Waals surface area contributed by atoms with Crippen LogP contribution in [0.5, 0.6) is 5.75 Å². The molecule has 0 fully saturated rings. The number of rotatable bonds is 14. The van der Waals surface area contributed by atoms with Crippen molar-refractivity contribution in [2.75, 3.05) is 29.9 Å². The zero-order valence-corrected chi connectivity index (χ0v) is 29.5. The summed E-state index contributed by atoms with van der Waals surface area (Å²) in [5.41, 5.74) is 6.22. The van der Waals surface area contributed by atoms with E-state index in [1.807, 2.05) is 42.7 Å². The number of hydrogen-bond donors (Lipinski definition) is 3. The van der Waals surface area contributed by atoms with Crippen molar-refractivity contribution in [1.29, 1.82) is 0 Å². The van der Waals surface area contributed by atoms with Crippen LogP contribution in [0.2, 0.25) is 0 Å². The summed E-state index contributed by atoms with van der Waals surface area (Å²) in [6.07, 6.45) is 7.49. The molecule has 0 radical (unpaired) electrons. The first-order chi connectivity index (χ1) is 24.1. The molecular formula is C40H46N6O4. The van der Waals surface area contributed by atoms with E-state index >= 15 is 0 Å². The summed E-state index contributed by atoms with van der Waals surface area (Å²) >= 11 is 0. The molecule has 0 unspecified atom stereocenters. The minimum absolute atomic E-state index is 0.0822. The lowest BCUT2D eigenvalue weighted by molar-refractivity contribution is -0.118. The van der Waals surface area contributed by atoms with Crippen LogP contribution in [-0.2, 0) is 11.2 Å². The van der Waals surface area contributed by atoms with Gasteiger partial charge in [-0.2, -0.15) is 0 Å². The number of hydrogen-bond acceptors (Lipinski definition) is 6. The second-order valence-electron chi connectivity index (χ2n) is 13.0. The molecule has 0 saturated carbocycles. The third-order valence-corrected chi connectivity index (χ3v) is 8.53.